The van der Waals surface area contributed by atoms with Gasteiger partial charge in [-0.05, 0) is 37.3 Å². The molecule has 6 heteroatoms. The minimum absolute atomic E-state index is 0.111. The van der Waals surface area contributed by atoms with Gasteiger partial charge in [0.2, 0.25) is 5.76 Å². The van der Waals surface area contributed by atoms with E-state index in [2.05, 4.69) is 0 Å². The molecule has 0 aliphatic rings. The maximum absolute atomic E-state index is 12.5. The lowest BCUT2D eigenvalue weighted by molar-refractivity contribution is 0.0700. The van der Waals surface area contributed by atoms with E-state index >= 15 is 0 Å². The second kappa shape index (κ2) is 6.94. The zero-order chi connectivity index (χ0) is 17.9. The lowest BCUT2D eigenvalue weighted by Gasteiger charge is -2.06. The van der Waals surface area contributed by atoms with Gasteiger partial charge in [-0.25, -0.2) is 13.2 Å². The first kappa shape index (κ1) is 17.0. The Balaban J connectivity index is 1.80. The molecule has 0 unspecified atom stereocenters. The number of furan rings is 1. The quantitative estimate of drug-likeness (QED) is 0.514. The third kappa shape index (κ3) is 3.97. The SMILES string of the molecule is Cc1ccc(OC(=O)c2occc2CS(=O)(=O)c2ccccc2)cc1. The first-order valence-corrected chi connectivity index (χ1v) is 9.24. The summed E-state index contributed by atoms with van der Waals surface area (Å²) in [6, 6.07) is 16.5. The van der Waals surface area contributed by atoms with E-state index in [1.165, 1.54) is 24.5 Å². The van der Waals surface area contributed by atoms with E-state index in [9.17, 15) is 13.2 Å². The molecule has 25 heavy (non-hydrogen) atoms. The summed E-state index contributed by atoms with van der Waals surface area (Å²) < 4.78 is 35.4. The first-order valence-electron chi connectivity index (χ1n) is 7.59. The first-order chi connectivity index (χ1) is 12.0. The van der Waals surface area contributed by atoms with Gasteiger partial charge in [0.15, 0.2) is 9.84 Å². The van der Waals surface area contributed by atoms with Crippen molar-refractivity contribution in [3.63, 3.8) is 0 Å². The zero-order valence-electron chi connectivity index (χ0n) is 13.5. The van der Waals surface area contributed by atoms with Crippen molar-refractivity contribution < 1.29 is 22.4 Å². The number of esters is 1. The van der Waals surface area contributed by atoms with E-state index in [0.717, 1.165) is 5.56 Å². The van der Waals surface area contributed by atoms with Crippen LogP contribution in [0.1, 0.15) is 21.7 Å². The summed E-state index contributed by atoms with van der Waals surface area (Å²) in [4.78, 5) is 12.5. The average Bonchev–Trinajstić information content (AvgIpc) is 3.05. The van der Waals surface area contributed by atoms with Crippen molar-refractivity contribution >= 4 is 15.8 Å². The van der Waals surface area contributed by atoms with Gasteiger partial charge < -0.3 is 9.15 Å². The molecule has 0 saturated carbocycles. The third-order valence-corrected chi connectivity index (χ3v) is 5.29. The highest BCUT2D eigenvalue weighted by atomic mass is 32.2. The summed E-state index contributed by atoms with van der Waals surface area (Å²) in [5.41, 5.74) is 1.30. The van der Waals surface area contributed by atoms with Crippen LogP contribution >= 0.6 is 0 Å². The molecule has 1 aromatic heterocycles. The molecule has 0 bridgehead atoms. The van der Waals surface area contributed by atoms with E-state index in [0.29, 0.717) is 5.75 Å². The number of aryl methyl sites for hydroxylation is 1. The topological polar surface area (TPSA) is 73.6 Å². The maximum Gasteiger partial charge on any atom is 0.379 e. The van der Waals surface area contributed by atoms with Crippen molar-refractivity contribution in [3.8, 4) is 5.75 Å². The molecule has 0 radical (unpaired) electrons. The predicted molar refractivity (Wildman–Crippen MR) is 92.2 cm³/mol. The number of sulfone groups is 1. The average molecular weight is 356 g/mol. The summed E-state index contributed by atoms with van der Waals surface area (Å²) in [7, 11) is -3.59. The molecule has 3 rings (SSSR count). The van der Waals surface area contributed by atoms with Crippen LogP contribution in [0.5, 0.6) is 5.75 Å². The van der Waals surface area contributed by atoms with Crippen molar-refractivity contribution in [2.45, 2.75) is 17.6 Å². The van der Waals surface area contributed by atoms with Crippen molar-refractivity contribution in [2.75, 3.05) is 0 Å². The van der Waals surface area contributed by atoms with E-state index in [-0.39, 0.29) is 22.0 Å². The lowest BCUT2D eigenvalue weighted by Crippen LogP contribution is -2.12. The third-order valence-electron chi connectivity index (χ3n) is 3.61. The van der Waals surface area contributed by atoms with Gasteiger partial charge >= 0.3 is 5.97 Å². The van der Waals surface area contributed by atoms with Crippen LogP contribution in [0, 0.1) is 6.92 Å². The van der Waals surface area contributed by atoms with Crippen molar-refractivity contribution in [2.24, 2.45) is 0 Å². The lowest BCUT2D eigenvalue weighted by atomic mass is 10.2. The number of benzene rings is 2. The largest absolute Gasteiger partial charge is 0.457 e. The number of hydrogen-bond acceptors (Lipinski definition) is 5. The van der Waals surface area contributed by atoms with Crippen molar-refractivity contribution in [1.82, 2.24) is 0 Å². The molecule has 0 N–H and O–H groups in total. The van der Waals surface area contributed by atoms with Crippen LogP contribution < -0.4 is 4.74 Å². The van der Waals surface area contributed by atoms with Crippen LogP contribution in [0.25, 0.3) is 0 Å². The Morgan fingerprint density at radius 3 is 2.36 bits per heavy atom. The summed E-state index contributed by atoms with van der Waals surface area (Å²) in [5.74, 6) is -0.817. The van der Waals surface area contributed by atoms with Crippen molar-refractivity contribution in [1.29, 1.82) is 0 Å². The fourth-order valence-electron chi connectivity index (χ4n) is 2.30. The molecule has 2 aromatic carbocycles. The minimum atomic E-state index is -3.59. The molecule has 0 aliphatic carbocycles. The molecule has 0 fully saturated rings. The molecule has 0 saturated heterocycles. The summed E-state index contributed by atoms with van der Waals surface area (Å²) in [6.07, 6.45) is 1.28. The highest BCUT2D eigenvalue weighted by Gasteiger charge is 2.23. The van der Waals surface area contributed by atoms with Gasteiger partial charge in [0.05, 0.1) is 16.9 Å². The second-order valence-corrected chi connectivity index (χ2v) is 7.54. The molecule has 0 spiro atoms. The molecular weight excluding hydrogens is 340 g/mol. The Morgan fingerprint density at radius 2 is 1.68 bits per heavy atom. The van der Waals surface area contributed by atoms with Crippen LogP contribution in [-0.2, 0) is 15.6 Å². The van der Waals surface area contributed by atoms with Gasteiger partial charge in [0, 0.05) is 5.56 Å². The second-order valence-electron chi connectivity index (χ2n) is 5.55. The maximum atomic E-state index is 12.5. The van der Waals surface area contributed by atoms with Gasteiger partial charge in [-0.15, -0.1) is 0 Å². The molecule has 1 heterocycles. The molecule has 5 nitrogen and oxygen atoms in total. The smallest absolute Gasteiger partial charge is 0.379 e. The van der Waals surface area contributed by atoms with Gasteiger partial charge in [-0.3, -0.25) is 0 Å². The molecule has 0 aliphatic heterocycles. The minimum Gasteiger partial charge on any atom is -0.457 e. The van der Waals surface area contributed by atoms with Crippen LogP contribution in [0.2, 0.25) is 0 Å². The molecule has 0 amide bonds. The Kier molecular flexibility index (Phi) is 4.72. The highest BCUT2D eigenvalue weighted by Crippen LogP contribution is 2.21. The normalized spacial score (nSPS) is 11.2. The Hall–Kier alpha value is -2.86. The van der Waals surface area contributed by atoms with E-state index in [4.69, 9.17) is 9.15 Å². The van der Waals surface area contributed by atoms with E-state index in [1.54, 1.807) is 30.3 Å². The van der Waals surface area contributed by atoms with Crippen LogP contribution in [0.4, 0.5) is 0 Å². The van der Waals surface area contributed by atoms with Gasteiger partial charge in [0.1, 0.15) is 5.75 Å². The summed E-state index contributed by atoms with van der Waals surface area (Å²) in [6.45, 7) is 1.92. The number of carbonyl (C=O) groups is 1. The Bertz CT molecular complexity index is 970. The van der Waals surface area contributed by atoms with Gasteiger partial charge in [-0.2, -0.15) is 0 Å². The number of ether oxygens (including phenoxy) is 1. The molecule has 0 atom stereocenters. The van der Waals surface area contributed by atoms with Gasteiger partial charge in [0.25, 0.3) is 0 Å². The summed E-state index contributed by atoms with van der Waals surface area (Å²) >= 11 is 0. The number of rotatable bonds is 5. The highest BCUT2D eigenvalue weighted by molar-refractivity contribution is 7.90. The van der Waals surface area contributed by atoms with E-state index in [1.807, 2.05) is 19.1 Å². The fourth-order valence-corrected chi connectivity index (χ4v) is 3.68. The number of carbonyl (C=O) groups excluding carboxylic acids is 1. The van der Waals surface area contributed by atoms with Crippen LogP contribution in [0.15, 0.2) is 76.2 Å². The monoisotopic (exact) mass is 356 g/mol. The van der Waals surface area contributed by atoms with Crippen LogP contribution in [-0.4, -0.2) is 14.4 Å². The van der Waals surface area contributed by atoms with Gasteiger partial charge in [-0.1, -0.05) is 35.9 Å². The predicted octanol–water partition coefficient (Wildman–Crippen LogP) is 3.78. The number of hydrogen-bond donors (Lipinski definition) is 0. The van der Waals surface area contributed by atoms with Crippen LogP contribution in [0.3, 0.4) is 0 Å². The zero-order valence-corrected chi connectivity index (χ0v) is 14.3. The standard InChI is InChI=1S/C19H16O5S/c1-14-7-9-16(10-8-14)24-19(20)18-15(11-12-23-18)13-25(21,22)17-5-3-2-4-6-17/h2-12H,13H2,1H3. The molecule has 128 valence electrons. The van der Waals surface area contributed by atoms with E-state index < -0.39 is 15.8 Å². The Morgan fingerprint density at radius 1 is 1.00 bits per heavy atom. The summed E-state index contributed by atoms with van der Waals surface area (Å²) in [5, 5.41) is 0. The van der Waals surface area contributed by atoms with Crippen molar-refractivity contribution in [3.05, 3.63) is 83.8 Å². The Labute approximate surface area is 145 Å². The molecule has 3 aromatic rings. The fraction of sp³-hybridized carbons (Fsp3) is 0.105. The molecular formula is C19H16O5S.